The summed E-state index contributed by atoms with van der Waals surface area (Å²) in [7, 11) is 0. The molecule has 0 aromatic rings. The van der Waals surface area contributed by atoms with E-state index in [9.17, 15) is 4.79 Å². The minimum Gasteiger partial charge on any atom is -0.466 e. The van der Waals surface area contributed by atoms with Gasteiger partial charge in [0.05, 0.1) is 6.61 Å². The summed E-state index contributed by atoms with van der Waals surface area (Å²) in [6.07, 6.45) is 24.1. The molecule has 0 atom stereocenters. The Morgan fingerprint density at radius 3 is 1.75 bits per heavy atom. The third kappa shape index (κ3) is 19.3. The maximum Gasteiger partial charge on any atom is 0.305 e. The summed E-state index contributed by atoms with van der Waals surface area (Å²) in [4.78, 5) is 11.4. The summed E-state index contributed by atoms with van der Waals surface area (Å²) in [5.74, 6) is -0.00932. The van der Waals surface area contributed by atoms with Crippen molar-refractivity contribution in [2.75, 3.05) is 6.61 Å². The fourth-order valence-electron chi connectivity index (χ4n) is 2.74. The molecule has 0 fully saturated rings. The number of hydrogen-bond acceptors (Lipinski definition) is 2. The van der Waals surface area contributed by atoms with Gasteiger partial charge in [-0.1, -0.05) is 83.8 Å². The van der Waals surface area contributed by atoms with Crippen LogP contribution in [0.15, 0.2) is 12.2 Å². The van der Waals surface area contributed by atoms with Crippen LogP contribution >= 0.6 is 0 Å². The lowest BCUT2D eigenvalue weighted by Crippen LogP contribution is -2.05. The molecule has 2 heteroatoms. The molecule has 0 saturated heterocycles. The van der Waals surface area contributed by atoms with E-state index in [4.69, 9.17) is 4.74 Å². The molecule has 0 radical (unpaired) electrons. The molecular formula is C22H42O2. The molecule has 0 N–H and O–H groups in total. The minimum absolute atomic E-state index is 0.00932. The molecule has 0 aromatic carbocycles. The summed E-state index contributed by atoms with van der Waals surface area (Å²) >= 11 is 0. The molecule has 0 aliphatic heterocycles. The van der Waals surface area contributed by atoms with Gasteiger partial charge < -0.3 is 4.74 Å². The second kappa shape index (κ2) is 20.3. The second-order valence-electron chi connectivity index (χ2n) is 6.91. The highest BCUT2D eigenvalue weighted by Gasteiger charge is 2.01. The van der Waals surface area contributed by atoms with Gasteiger partial charge in [-0.2, -0.15) is 0 Å². The Hall–Kier alpha value is -0.790. The monoisotopic (exact) mass is 338 g/mol. The van der Waals surface area contributed by atoms with Crippen LogP contribution in [0.3, 0.4) is 0 Å². The first kappa shape index (κ1) is 23.2. The van der Waals surface area contributed by atoms with Crippen molar-refractivity contribution < 1.29 is 9.53 Å². The van der Waals surface area contributed by atoms with Crippen molar-refractivity contribution in [3.8, 4) is 0 Å². The van der Waals surface area contributed by atoms with Crippen LogP contribution in [0.2, 0.25) is 0 Å². The zero-order valence-electron chi connectivity index (χ0n) is 16.5. The minimum atomic E-state index is -0.00932. The highest BCUT2D eigenvalue weighted by Crippen LogP contribution is 2.11. The molecule has 0 amide bonds. The maximum absolute atomic E-state index is 11.4. The summed E-state index contributed by atoms with van der Waals surface area (Å²) < 4.78 is 5.16. The molecule has 24 heavy (non-hydrogen) atoms. The van der Waals surface area contributed by atoms with Crippen LogP contribution in [0.25, 0.3) is 0 Å². The molecule has 0 aromatic heterocycles. The number of hydrogen-bond donors (Lipinski definition) is 0. The number of rotatable bonds is 18. The van der Waals surface area contributed by atoms with E-state index >= 15 is 0 Å². The van der Waals surface area contributed by atoms with Gasteiger partial charge in [-0.3, -0.25) is 4.79 Å². The predicted octanol–water partition coefficient (Wildman–Crippen LogP) is 7.37. The lowest BCUT2D eigenvalue weighted by Gasteiger charge is -2.04. The Morgan fingerprint density at radius 2 is 1.17 bits per heavy atom. The third-order valence-electron chi connectivity index (χ3n) is 4.40. The zero-order chi connectivity index (χ0) is 17.7. The van der Waals surface area contributed by atoms with Crippen molar-refractivity contribution in [3.63, 3.8) is 0 Å². The lowest BCUT2D eigenvalue weighted by molar-refractivity contribution is -0.143. The molecule has 0 rings (SSSR count). The van der Waals surface area contributed by atoms with Crippen molar-refractivity contribution in [1.82, 2.24) is 0 Å². The fourth-order valence-corrected chi connectivity index (χ4v) is 2.74. The van der Waals surface area contributed by atoms with Crippen molar-refractivity contribution in [3.05, 3.63) is 12.2 Å². The van der Waals surface area contributed by atoms with Crippen LogP contribution in [0.1, 0.15) is 117 Å². The second-order valence-corrected chi connectivity index (χ2v) is 6.91. The first-order valence-corrected chi connectivity index (χ1v) is 10.6. The Morgan fingerprint density at radius 1 is 0.667 bits per heavy atom. The van der Waals surface area contributed by atoms with E-state index in [1.165, 1.54) is 77.0 Å². The first-order chi connectivity index (χ1) is 11.8. The van der Waals surface area contributed by atoms with Crippen molar-refractivity contribution in [2.45, 2.75) is 117 Å². The number of unbranched alkanes of at least 4 members (excludes halogenated alkanes) is 12. The average molecular weight is 339 g/mol. The predicted molar refractivity (Wildman–Crippen MR) is 105 cm³/mol. The maximum atomic E-state index is 11.4. The third-order valence-corrected chi connectivity index (χ3v) is 4.40. The van der Waals surface area contributed by atoms with Gasteiger partial charge in [-0.15, -0.1) is 0 Å². The van der Waals surface area contributed by atoms with E-state index in [0.717, 1.165) is 19.3 Å². The molecule has 0 heterocycles. The van der Waals surface area contributed by atoms with Crippen LogP contribution < -0.4 is 0 Å². The quantitative estimate of drug-likeness (QED) is 0.148. The van der Waals surface area contributed by atoms with Gasteiger partial charge in [-0.25, -0.2) is 0 Å². The number of carbonyl (C=O) groups is 1. The molecule has 142 valence electrons. The Labute approximate surface area is 151 Å². The van der Waals surface area contributed by atoms with Gasteiger partial charge in [0.15, 0.2) is 0 Å². The van der Waals surface area contributed by atoms with E-state index in [1.54, 1.807) is 0 Å². The highest BCUT2D eigenvalue weighted by atomic mass is 16.5. The topological polar surface area (TPSA) is 26.3 Å². The Balaban J connectivity index is 3.14. The number of allylic oxidation sites excluding steroid dienone is 2. The van der Waals surface area contributed by atoms with Gasteiger partial charge in [0.2, 0.25) is 0 Å². The highest BCUT2D eigenvalue weighted by molar-refractivity contribution is 5.69. The summed E-state index contributed by atoms with van der Waals surface area (Å²) in [6.45, 7) is 4.97. The van der Waals surface area contributed by atoms with E-state index in [0.29, 0.717) is 13.0 Å². The van der Waals surface area contributed by atoms with Crippen LogP contribution in [-0.4, -0.2) is 12.6 Å². The SMILES string of the molecule is CCCCCC/C=C\CCCCCCCCCC(=O)OCCCC. The van der Waals surface area contributed by atoms with Crippen LogP contribution in [0.5, 0.6) is 0 Å². The van der Waals surface area contributed by atoms with Gasteiger partial charge in [0.1, 0.15) is 0 Å². The standard InChI is InChI=1S/C22H42O2/c1-3-5-7-8-9-10-11-12-13-14-15-16-17-18-19-20-22(23)24-21-6-4-2/h10-11H,3-9,12-21H2,1-2H3/b11-10-. The summed E-state index contributed by atoms with van der Waals surface area (Å²) in [5, 5.41) is 0. The molecule has 0 aliphatic rings. The Kier molecular flexibility index (Phi) is 19.6. The molecule has 0 spiro atoms. The number of carbonyl (C=O) groups excluding carboxylic acids is 1. The van der Waals surface area contributed by atoms with E-state index < -0.39 is 0 Å². The van der Waals surface area contributed by atoms with Gasteiger partial charge in [-0.05, 0) is 38.5 Å². The van der Waals surface area contributed by atoms with Gasteiger partial charge >= 0.3 is 5.97 Å². The van der Waals surface area contributed by atoms with Crippen LogP contribution in [-0.2, 0) is 9.53 Å². The van der Waals surface area contributed by atoms with Gasteiger partial charge in [0.25, 0.3) is 0 Å². The van der Waals surface area contributed by atoms with Gasteiger partial charge in [0, 0.05) is 6.42 Å². The van der Waals surface area contributed by atoms with E-state index in [2.05, 4.69) is 26.0 Å². The van der Waals surface area contributed by atoms with E-state index in [-0.39, 0.29) is 5.97 Å². The van der Waals surface area contributed by atoms with Crippen molar-refractivity contribution >= 4 is 5.97 Å². The molecule has 0 unspecified atom stereocenters. The van der Waals surface area contributed by atoms with Crippen molar-refractivity contribution in [2.24, 2.45) is 0 Å². The molecule has 0 bridgehead atoms. The zero-order valence-corrected chi connectivity index (χ0v) is 16.5. The van der Waals surface area contributed by atoms with Crippen LogP contribution in [0, 0.1) is 0 Å². The molecule has 0 aliphatic carbocycles. The smallest absolute Gasteiger partial charge is 0.305 e. The average Bonchev–Trinajstić information content (AvgIpc) is 2.58. The fraction of sp³-hybridized carbons (Fsp3) is 0.864. The lowest BCUT2D eigenvalue weighted by atomic mass is 10.1. The largest absolute Gasteiger partial charge is 0.466 e. The first-order valence-electron chi connectivity index (χ1n) is 10.6. The summed E-state index contributed by atoms with van der Waals surface area (Å²) in [6, 6.07) is 0. The van der Waals surface area contributed by atoms with Crippen LogP contribution in [0.4, 0.5) is 0 Å². The molecule has 0 saturated carbocycles. The van der Waals surface area contributed by atoms with E-state index in [1.807, 2.05) is 0 Å². The number of ether oxygens (including phenoxy) is 1. The molecule has 2 nitrogen and oxygen atoms in total. The molecular weight excluding hydrogens is 296 g/mol. The van der Waals surface area contributed by atoms with Crippen molar-refractivity contribution in [1.29, 1.82) is 0 Å². The Bertz CT molecular complexity index is 284. The summed E-state index contributed by atoms with van der Waals surface area (Å²) in [5.41, 5.74) is 0. The normalized spacial score (nSPS) is 11.2. The number of esters is 1.